The molecule has 10 heteroatoms. The van der Waals surface area contributed by atoms with Gasteiger partial charge in [-0.2, -0.15) is 0 Å². The fourth-order valence-electron chi connectivity index (χ4n) is 5.77. The average molecular weight is 810 g/mol. The first-order valence-corrected chi connectivity index (χ1v) is 23.8. The van der Waals surface area contributed by atoms with Crippen LogP contribution in [0.5, 0.6) is 0 Å². The van der Waals surface area contributed by atoms with E-state index in [0.29, 0.717) is 23.9 Å². The predicted octanol–water partition coefficient (Wildman–Crippen LogP) is 12.1. The Balaban J connectivity index is 4.42. The summed E-state index contributed by atoms with van der Waals surface area (Å²) in [5, 5.41) is 0. The van der Waals surface area contributed by atoms with Crippen LogP contribution in [-0.4, -0.2) is 70.0 Å². The second-order valence-electron chi connectivity index (χ2n) is 16.1. The Kier molecular flexibility index (Phi) is 37.1. The third-order valence-electron chi connectivity index (χ3n) is 9.32. The summed E-state index contributed by atoms with van der Waals surface area (Å²) in [5.41, 5.74) is 0. The van der Waals surface area contributed by atoms with Crippen LogP contribution < -0.4 is 4.89 Å². The first kappa shape index (κ1) is 54.0. The number of quaternary nitrogens is 1. The van der Waals surface area contributed by atoms with Crippen molar-refractivity contribution in [3.05, 3.63) is 48.6 Å². The zero-order valence-electron chi connectivity index (χ0n) is 36.6. The molecule has 0 aromatic rings. The van der Waals surface area contributed by atoms with Gasteiger partial charge in [0.25, 0.3) is 7.82 Å². The lowest BCUT2D eigenvalue weighted by Gasteiger charge is -2.28. The SMILES string of the molecule is CCCCC/C=C/C/C=C/C/C=C/CCCCCCC(=O)O[C@H](COC(=O)CCCCCCC/C=C/CCCCCCCC)COP(=O)([O-])OCC[N+](C)(C)C. The van der Waals surface area contributed by atoms with Crippen LogP contribution >= 0.6 is 7.82 Å². The molecule has 56 heavy (non-hydrogen) atoms. The van der Waals surface area contributed by atoms with Gasteiger partial charge in [-0.1, -0.05) is 140 Å². The number of carbonyl (C=O) groups excluding carboxylic acids is 2. The normalized spacial score (nSPS) is 14.0. The van der Waals surface area contributed by atoms with Gasteiger partial charge >= 0.3 is 11.9 Å². The maximum absolute atomic E-state index is 12.7. The molecule has 0 amide bonds. The second kappa shape index (κ2) is 38.5. The number of hydrogen-bond donors (Lipinski definition) is 0. The van der Waals surface area contributed by atoms with Crippen LogP contribution in [0.4, 0.5) is 0 Å². The fourth-order valence-corrected chi connectivity index (χ4v) is 6.50. The number of unbranched alkanes of at least 4 members (excludes halogenated alkanes) is 18. The van der Waals surface area contributed by atoms with Gasteiger partial charge in [-0.25, -0.2) is 0 Å². The van der Waals surface area contributed by atoms with Gasteiger partial charge in [0.05, 0.1) is 27.7 Å². The van der Waals surface area contributed by atoms with Crippen molar-refractivity contribution in [1.82, 2.24) is 0 Å². The van der Waals surface area contributed by atoms with Gasteiger partial charge < -0.3 is 27.9 Å². The molecule has 0 fully saturated rings. The maximum Gasteiger partial charge on any atom is 0.306 e. The van der Waals surface area contributed by atoms with Gasteiger partial charge in [0.2, 0.25) is 0 Å². The first-order valence-electron chi connectivity index (χ1n) is 22.3. The Morgan fingerprint density at radius 1 is 0.554 bits per heavy atom. The smallest absolute Gasteiger partial charge is 0.306 e. The molecule has 0 radical (unpaired) electrons. The van der Waals surface area contributed by atoms with Crippen LogP contribution in [0.3, 0.4) is 0 Å². The average Bonchev–Trinajstić information content (AvgIpc) is 3.15. The highest BCUT2D eigenvalue weighted by Crippen LogP contribution is 2.38. The number of phosphoric ester groups is 1. The summed E-state index contributed by atoms with van der Waals surface area (Å²) in [6.07, 6.45) is 44.2. The molecule has 2 atom stereocenters. The van der Waals surface area contributed by atoms with E-state index in [4.69, 9.17) is 18.5 Å². The summed E-state index contributed by atoms with van der Waals surface area (Å²) in [6.45, 7) is 4.15. The molecule has 0 spiro atoms. The molecular weight excluding hydrogens is 725 g/mol. The standard InChI is InChI=1S/C46H84NO8P/c1-6-8-10-12-14-16-18-20-22-23-25-27-29-31-33-35-37-39-46(49)55-44(43-54-56(50,51)53-41-40-47(3,4)5)42-52-45(48)38-36-34-32-30-28-26-24-21-19-17-15-13-11-9-7-2/h14,16,20-22,24-25,27,44H,6-13,15,17-19,23,26,28-43H2,1-5H3/b16-14+,22-20+,24-21+,27-25+/t44-/m1/s1. The Bertz CT molecular complexity index is 1100. The number of ether oxygens (including phenoxy) is 2. The van der Waals surface area contributed by atoms with E-state index in [1.807, 2.05) is 21.1 Å². The van der Waals surface area contributed by atoms with Crippen LogP contribution in [0.1, 0.15) is 181 Å². The van der Waals surface area contributed by atoms with E-state index in [2.05, 4.69) is 62.5 Å². The Hall–Kier alpha value is -2.03. The number of esters is 2. The highest BCUT2D eigenvalue weighted by molar-refractivity contribution is 7.45. The summed E-state index contributed by atoms with van der Waals surface area (Å²) < 4.78 is 33.9. The largest absolute Gasteiger partial charge is 0.756 e. The van der Waals surface area contributed by atoms with Gasteiger partial charge in [0, 0.05) is 12.8 Å². The minimum Gasteiger partial charge on any atom is -0.756 e. The lowest BCUT2D eigenvalue weighted by atomic mass is 10.1. The lowest BCUT2D eigenvalue weighted by molar-refractivity contribution is -0.870. The number of nitrogens with zero attached hydrogens (tertiary/aromatic N) is 1. The third-order valence-corrected chi connectivity index (χ3v) is 10.3. The molecule has 0 aliphatic rings. The molecule has 0 aromatic carbocycles. The minimum atomic E-state index is -4.63. The number of carbonyl (C=O) groups is 2. The van der Waals surface area contributed by atoms with Crippen LogP contribution in [0, 0.1) is 0 Å². The first-order chi connectivity index (χ1) is 27.0. The summed E-state index contributed by atoms with van der Waals surface area (Å²) >= 11 is 0. The van der Waals surface area contributed by atoms with E-state index >= 15 is 0 Å². The molecule has 326 valence electrons. The quantitative estimate of drug-likeness (QED) is 0.0198. The van der Waals surface area contributed by atoms with Crippen molar-refractivity contribution in [3.63, 3.8) is 0 Å². The minimum absolute atomic E-state index is 0.0381. The molecule has 0 heterocycles. The van der Waals surface area contributed by atoms with E-state index in [1.165, 1.54) is 70.6 Å². The fraction of sp³-hybridized carbons (Fsp3) is 0.783. The van der Waals surface area contributed by atoms with Gasteiger partial charge in [-0.3, -0.25) is 14.2 Å². The molecular formula is C46H84NO8P. The predicted molar refractivity (Wildman–Crippen MR) is 231 cm³/mol. The van der Waals surface area contributed by atoms with Crippen molar-refractivity contribution in [2.24, 2.45) is 0 Å². The zero-order valence-corrected chi connectivity index (χ0v) is 37.5. The van der Waals surface area contributed by atoms with Crippen LogP contribution in [0.15, 0.2) is 48.6 Å². The van der Waals surface area contributed by atoms with Gasteiger partial charge in [-0.05, 0) is 77.0 Å². The summed E-state index contributed by atoms with van der Waals surface area (Å²) in [7, 11) is 1.14. The van der Waals surface area contributed by atoms with Crippen molar-refractivity contribution in [3.8, 4) is 0 Å². The zero-order chi connectivity index (χ0) is 41.4. The number of rotatable bonds is 40. The molecule has 0 bridgehead atoms. The molecule has 0 saturated heterocycles. The van der Waals surface area contributed by atoms with Crippen molar-refractivity contribution in [2.45, 2.75) is 187 Å². The molecule has 1 unspecified atom stereocenters. The summed E-state index contributed by atoms with van der Waals surface area (Å²) in [5.74, 6) is -0.871. The number of hydrogen-bond acceptors (Lipinski definition) is 8. The summed E-state index contributed by atoms with van der Waals surface area (Å²) in [6, 6.07) is 0. The van der Waals surface area contributed by atoms with Gasteiger partial charge in [0.15, 0.2) is 6.10 Å². The molecule has 0 rings (SSSR count). The number of phosphoric acid groups is 1. The van der Waals surface area contributed by atoms with Crippen LogP contribution in [-0.2, 0) is 32.7 Å². The van der Waals surface area contributed by atoms with Crippen LogP contribution in [0.25, 0.3) is 0 Å². The summed E-state index contributed by atoms with van der Waals surface area (Å²) in [4.78, 5) is 37.5. The maximum atomic E-state index is 12.7. The molecule has 0 aliphatic carbocycles. The van der Waals surface area contributed by atoms with Crippen molar-refractivity contribution < 1.29 is 42.1 Å². The molecule has 0 aromatic heterocycles. The third kappa shape index (κ3) is 41.6. The van der Waals surface area contributed by atoms with E-state index in [9.17, 15) is 19.0 Å². The van der Waals surface area contributed by atoms with Crippen LogP contribution in [0.2, 0.25) is 0 Å². The highest BCUT2D eigenvalue weighted by atomic mass is 31.2. The Morgan fingerprint density at radius 2 is 0.964 bits per heavy atom. The Labute approximate surface area is 343 Å². The highest BCUT2D eigenvalue weighted by Gasteiger charge is 2.21. The molecule has 0 aliphatic heterocycles. The Morgan fingerprint density at radius 3 is 1.48 bits per heavy atom. The van der Waals surface area contributed by atoms with E-state index in [0.717, 1.165) is 70.6 Å². The topological polar surface area (TPSA) is 111 Å². The van der Waals surface area contributed by atoms with E-state index in [1.54, 1.807) is 0 Å². The second-order valence-corrected chi connectivity index (χ2v) is 17.5. The van der Waals surface area contributed by atoms with Gasteiger partial charge in [-0.15, -0.1) is 0 Å². The van der Waals surface area contributed by atoms with E-state index in [-0.39, 0.29) is 26.1 Å². The van der Waals surface area contributed by atoms with E-state index < -0.39 is 32.5 Å². The van der Waals surface area contributed by atoms with Crippen molar-refractivity contribution in [2.75, 3.05) is 47.5 Å². The molecule has 0 N–H and O–H groups in total. The number of allylic oxidation sites excluding steroid dienone is 8. The van der Waals surface area contributed by atoms with Gasteiger partial charge in [0.1, 0.15) is 19.8 Å². The van der Waals surface area contributed by atoms with Crippen molar-refractivity contribution in [1.29, 1.82) is 0 Å². The lowest BCUT2D eigenvalue weighted by Crippen LogP contribution is -2.37. The molecule has 0 saturated carbocycles. The monoisotopic (exact) mass is 810 g/mol. The number of likely N-dealkylation sites (N-methyl/N-ethyl adjacent to an activating group) is 1. The molecule has 9 nitrogen and oxygen atoms in total. The van der Waals surface area contributed by atoms with Crippen molar-refractivity contribution >= 4 is 19.8 Å².